The van der Waals surface area contributed by atoms with E-state index in [0.29, 0.717) is 0 Å². The first kappa shape index (κ1) is 8.11. The van der Waals surface area contributed by atoms with Gasteiger partial charge in [0.25, 0.3) is 0 Å². The van der Waals surface area contributed by atoms with Crippen LogP contribution in [0.4, 0.5) is 0 Å². The summed E-state index contributed by atoms with van der Waals surface area (Å²) in [6.07, 6.45) is 6.92. The van der Waals surface area contributed by atoms with Gasteiger partial charge >= 0.3 is 0 Å². The van der Waals surface area contributed by atoms with Gasteiger partial charge in [-0.05, 0) is 24.1 Å². The van der Waals surface area contributed by atoms with Gasteiger partial charge in [0.1, 0.15) is 0 Å². The van der Waals surface area contributed by atoms with Gasteiger partial charge in [0.05, 0.1) is 5.70 Å². The average molecular weight is 170 g/mol. The summed E-state index contributed by atoms with van der Waals surface area (Å²) in [5.74, 6) is 0. The van der Waals surface area contributed by atoms with Gasteiger partial charge in [0.2, 0.25) is 0 Å². The molecule has 0 aromatic heterocycles. The third-order valence-electron chi connectivity index (χ3n) is 2.23. The van der Waals surface area contributed by atoms with E-state index in [0.717, 1.165) is 12.1 Å². The highest BCUT2D eigenvalue weighted by Gasteiger charge is 2.07. The summed E-state index contributed by atoms with van der Waals surface area (Å²) in [6.45, 7) is 2.17. The fourth-order valence-corrected chi connectivity index (χ4v) is 1.54. The molecule has 0 fully saturated rings. The molecular formula is C12H12N. The zero-order chi connectivity index (χ0) is 9.10. The minimum Gasteiger partial charge on any atom is -0.256 e. The summed E-state index contributed by atoms with van der Waals surface area (Å²) in [7, 11) is 0. The van der Waals surface area contributed by atoms with E-state index in [2.05, 4.69) is 42.6 Å². The molecule has 65 valence electrons. The van der Waals surface area contributed by atoms with E-state index in [4.69, 9.17) is 0 Å². The molecule has 1 radical (unpaired) electrons. The van der Waals surface area contributed by atoms with Crippen LogP contribution < -0.4 is 5.32 Å². The Morgan fingerprint density at radius 2 is 2.08 bits per heavy atom. The van der Waals surface area contributed by atoms with Crippen LogP contribution in [0.1, 0.15) is 18.1 Å². The van der Waals surface area contributed by atoms with Crippen LogP contribution in [0.3, 0.4) is 0 Å². The molecule has 1 aromatic rings. The largest absolute Gasteiger partial charge is 0.256 e. The number of aryl methyl sites for hydroxylation is 1. The second-order valence-corrected chi connectivity index (χ2v) is 3.03. The van der Waals surface area contributed by atoms with Crippen molar-refractivity contribution in [1.82, 2.24) is 5.32 Å². The van der Waals surface area contributed by atoms with Crippen molar-refractivity contribution in [2.75, 3.05) is 0 Å². The summed E-state index contributed by atoms with van der Waals surface area (Å²) in [4.78, 5) is 0. The van der Waals surface area contributed by atoms with Gasteiger partial charge in [-0.25, -0.2) is 0 Å². The van der Waals surface area contributed by atoms with E-state index in [1.807, 2.05) is 12.3 Å². The van der Waals surface area contributed by atoms with Crippen molar-refractivity contribution < 1.29 is 0 Å². The van der Waals surface area contributed by atoms with Gasteiger partial charge in [0, 0.05) is 11.8 Å². The Balaban J connectivity index is 2.39. The lowest BCUT2D eigenvalue weighted by molar-refractivity contribution is 1.11. The van der Waals surface area contributed by atoms with Crippen LogP contribution in [0.15, 0.2) is 42.6 Å². The molecular weight excluding hydrogens is 158 g/mol. The predicted octanol–water partition coefficient (Wildman–Crippen LogP) is 2.72. The Bertz CT molecular complexity index is 361. The molecule has 0 saturated heterocycles. The molecule has 0 bridgehead atoms. The highest BCUT2D eigenvalue weighted by molar-refractivity contribution is 5.70. The molecule has 0 amide bonds. The maximum atomic E-state index is 4.30. The molecule has 1 aliphatic rings. The molecule has 0 N–H and O–H groups in total. The highest BCUT2D eigenvalue weighted by atomic mass is 14.9. The first-order valence-corrected chi connectivity index (χ1v) is 4.58. The predicted molar refractivity (Wildman–Crippen MR) is 55.1 cm³/mol. The summed E-state index contributed by atoms with van der Waals surface area (Å²) < 4.78 is 0. The van der Waals surface area contributed by atoms with Crippen LogP contribution in [0.2, 0.25) is 0 Å². The van der Waals surface area contributed by atoms with Gasteiger partial charge in [0.15, 0.2) is 0 Å². The molecule has 0 saturated carbocycles. The number of nitrogens with zero attached hydrogens (tertiary/aromatic N) is 1. The summed E-state index contributed by atoms with van der Waals surface area (Å²) >= 11 is 0. The van der Waals surface area contributed by atoms with Crippen molar-refractivity contribution in [3.8, 4) is 0 Å². The van der Waals surface area contributed by atoms with Crippen molar-refractivity contribution in [3.05, 3.63) is 53.7 Å². The standard InChI is InChI=1S/C12H12N/c1-2-10-6-3-4-7-11(10)12-8-5-9-13-12/h3-9H,2H2,1H3. The molecule has 1 heterocycles. The minimum absolute atomic E-state index is 1.06. The topological polar surface area (TPSA) is 14.1 Å². The normalized spacial score (nSPS) is 14.1. The van der Waals surface area contributed by atoms with Gasteiger partial charge < -0.3 is 0 Å². The van der Waals surface area contributed by atoms with E-state index in [9.17, 15) is 0 Å². The van der Waals surface area contributed by atoms with Gasteiger partial charge in [-0.3, -0.25) is 5.32 Å². The highest BCUT2D eigenvalue weighted by Crippen LogP contribution is 2.20. The number of rotatable bonds is 2. The lowest BCUT2D eigenvalue weighted by Crippen LogP contribution is -1.96. The Morgan fingerprint density at radius 3 is 2.77 bits per heavy atom. The van der Waals surface area contributed by atoms with Crippen molar-refractivity contribution in [2.45, 2.75) is 13.3 Å². The average Bonchev–Trinajstić information content (AvgIpc) is 2.70. The van der Waals surface area contributed by atoms with E-state index >= 15 is 0 Å². The number of allylic oxidation sites excluding steroid dienone is 2. The second-order valence-electron chi connectivity index (χ2n) is 3.03. The van der Waals surface area contributed by atoms with E-state index < -0.39 is 0 Å². The third-order valence-corrected chi connectivity index (χ3v) is 2.23. The summed E-state index contributed by atoms with van der Waals surface area (Å²) in [5.41, 5.74) is 3.70. The van der Waals surface area contributed by atoms with Crippen LogP contribution >= 0.6 is 0 Å². The van der Waals surface area contributed by atoms with E-state index in [-0.39, 0.29) is 0 Å². The van der Waals surface area contributed by atoms with Crippen LogP contribution in [-0.4, -0.2) is 0 Å². The molecule has 2 rings (SSSR count). The lowest BCUT2D eigenvalue weighted by atomic mass is 10.0. The monoisotopic (exact) mass is 170 g/mol. The van der Waals surface area contributed by atoms with E-state index in [1.165, 1.54) is 11.1 Å². The van der Waals surface area contributed by atoms with Crippen LogP contribution in [0.25, 0.3) is 5.70 Å². The number of hydrogen-bond acceptors (Lipinski definition) is 0. The van der Waals surface area contributed by atoms with E-state index in [1.54, 1.807) is 0 Å². The smallest absolute Gasteiger partial charge is 0.0705 e. The summed E-state index contributed by atoms with van der Waals surface area (Å²) in [5, 5.41) is 4.30. The van der Waals surface area contributed by atoms with Crippen molar-refractivity contribution in [2.24, 2.45) is 0 Å². The maximum Gasteiger partial charge on any atom is 0.0705 e. The van der Waals surface area contributed by atoms with Gasteiger partial charge in [-0.15, -0.1) is 0 Å². The molecule has 0 aliphatic carbocycles. The molecule has 0 spiro atoms. The summed E-state index contributed by atoms with van der Waals surface area (Å²) in [6, 6.07) is 8.42. The molecule has 1 aromatic carbocycles. The Kier molecular flexibility index (Phi) is 2.17. The molecule has 0 unspecified atom stereocenters. The molecule has 1 aliphatic heterocycles. The first-order valence-electron chi connectivity index (χ1n) is 4.58. The number of hydrogen-bond donors (Lipinski definition) is 0. The first-order chi connectivity index (χ1) is 6.42. The zero-order valence-electron chi connectivity index (χ0n) is 7.70. The quantitative estimate of drug-likeness (QED) is 0.648. The molecule has 1 nitrogen and oxygen atoms in total. The molecule has 13 heavy (non-hydrogen) atoms. The van der Waals surface area contributed by atoms with Gasteiger partial charge in [-0.1, -0.05) is 31.2 Å². The Hall–Kier alpha value is -1.50. The third kappa shape index (κ3) is 1.50. The lowest BCUT2D eigenvalue weighted by Gasteiger charge is -2.06. The number of benzene rings is 1. The van der Waals surface area contributed by atoms with Crippen molar-refractivity contribution in [3.63, 3.8) is 0 Å². The Labute approximate surface area is 78.8 Å². The van der Waals surface area contributed by atoms with Crippen molar-refractivity contribution >= 4 is 5.70 Å². The van der Waals surface area contributed by atoms with Crippen LogP contribution in [0, 0.1) is 0 Å². The molecule has 1 heteroatoms. The van der Waals surface area contributed by atoms with Crippen LogP contribution in [0.5, 0.6) is 0 Å². The SMILES string of the molecule is CCc1ccccc1C1=CC=C[N]1. The fraction of sp³-hybridized carbons (Fsp3) is 0.167. The maximum absolute atomic E-state index is 4.30. The minimum atomic E-state index is 1.06. The van der Waals surface area contributed by atoms with Gasteiger partial charge in [-0.2, -0.15) is 0 Å². The van der Waals surface area contributed by atoms with Crippen molar-refractivity contribution in [1.29, 1.82) is 0 Å². The fourth-order valence-electron chi connectivity index (χ4n) is 1.54. The van der Waals surface area contributed by atoms with Crippen LogP contribution in [-0.2, 0) is 6.42 Å². The Morgan fingerprint density at radius 1 is 1.23 bits per heavy atom. The zero-order valence-corrected chi connectivity index (χ0v) is 7.70. The molecule has 0 atom stereocenters. The second kappa shape index (κ2) is 3.48.